The summed E-state index contributed by atoms with van der Waals surface area (Å²) in [6, 6.07) is 18.4. The maximum atomic E-state index is 8.98. The number of nitriles is 1. The van der Waals surface area contributed by atoms with Crippen LogP contribution in [0.5, 0.6) is 0 Å². The highest BCUT2D eigenvalue weighted by molar-refractivity contribution is 6.38. The second-order valence-corrected chi connectivity index (χ2v) is 4.40. The molecule has 6 heteroatoms. The first-order chi connectivity index (χ1) is 10.3. The van der Waals surface area contributed by atoms with Gasteiger partial charge in [-0.25, -0.2) is 0 Å². The highest BCUT2D eigenvalue weighted by Gasteiger charge is 1.94. The smallest absolute Gasteiger partial charge is 0.180 e. The largest absolute Gasteiger partial charge is 0.278 e. The molecule has 0 fully saturated rings. The Labute approximate surface area is 127 Å². The Hall–Kier alpha value is -2.84. The van der Waals surface area contributed by atoms with Crippen molar-refractivity contribution in [2.75, 3.05) is 10.9 Å². The molecule has 0 aliphatic heterocycles. The molecule has 104 valence electrons. The fourth-order valence-electron chi connectivity index (χ4n) is 1.41. The van der Waals surface area contributed by atoms with E-state index in [0.717, 1.165) is 11.4 Å². The molecule has 0 heterocycles. The fraction of sp³-hybridized carbons (Fsp3) is 0. The molecule has 0 saturated carbocycles. The second kappa shape index (κ2) is 7.68. The van der Waals surface area contributed by atoms with Crippen LogP contribution >= 0.6 is 11.6 Å². The summed E-state index contributed by atoms with van der Waals surface area (Å²) < 4.78 is 0. The summed E-state index contributed by atoms with van der Waals surface area (Å²) in [6.45, 7) is 0. The van der Waals surface area contributed by atoms with E-state index < -0.39 is 0 Å². The molecule has 0 aliphatic carbocycles. The van der Waals surface area contributed by atoms with Gasteiger partial charge in [-0.3, -0.25) is 10.9 Å². The Morgan fingerprint density at radius 2 is 1.67 bits per heavy atom. The maximum Gasteiger partial charge on any atom is 0.180 e. The van der Waals surface area contributed by atoms with E-state index in [1.54, 1.807) is 24.3 Å². The lowest BCUT2D eigenvalue weighted by molar-refractivity contribution is 1.33. The fourth-order valence-corrected chi connectivity index (χ4v) is 1.54. The van der Waals surface area contributed by atoms with Gasteiger partial charge in [0.05, 0.1) is 17.6 Å². The van der Waals surface area contributed by atoms with Gasteiger partial charge in [0, 0.05) is 5.02 Å². The summed E-state index contributed by atoms with van der Waals surface area (Å²) in [5, 5.41) is 17.5. The van der Waals surface area contributed by atoms with Crippen LogP contribution in [-0.2, 0) is 0 Å². The van der Waals surface area contributed by atoms with Crippen LogP contribution in [0.3, 0.4) is 0 Å². The van der Waals surface area contributed by atoms with Crippen molar-refractivity contribution in [3.05, 3.63) is 59.6 Å². The van der Waals surface area contributed by atoms with E-state index in [2.05, 4.69) is 21.1 Å². The molecule has 0 saturated heterocycles. The van der Waals surface area contributed by atoms with Gasteiger partial charge in [-0.1, -0.05) is 29.8 Å². The summed E-state index contributed by atoms with van der Waals surface area (Å²) in [4.78, 5) is 0. The molecule has 2 aromatic carbocycles. The first-order valence-electron chi connectivity index (χ1n) is 6.11. The van der Waals surface area contributed by atoms with Gasteiger partial charge in [0.15, 0.2) is 5.71 Å². The molecule has 0 radical (unpaired) electrons. The van der Waals surface area contributed by atoms with Crippen molar-refractivity contribution in [2.45, 2.75) is 0 Å². The molecular formula is C15H12ClN5. The van der Waals surface area contributed by atoms with E-state index in [0.29, 0.717) is 5.02 Å². The van der Waals surface area contributed by atoms with E-state index in [1.165, 1.54) is 6.21 Å². The minimum Gasteiger partial charge on any atom is -0.278 e. The molecule has 0 amide bonds. The van der Waals surface area contributed by atoms with Crippen LogP contribution in [-0.4, -0.2) is 11.9 Å². The predicted molar refractivity (Wildman–Crippen MR) is 86.7 cm³/mol. The molecule has 2 aromatic rings. The number of benzene rings is 2. The molecule has 0 aliphatic rings. The summed E-state index contributed by atoms with van der Waals surface area (Å²) >= 11 is 5.78. The molecule has 2 rings (SSSR count). The number of rotatable bonds is 5. The van der Waals surface area contributed by atoms with Crippen molar-refractivity contribution in [3.8, 4) is 6.07 Å². The zero-order valence-corrected chi connectivity index (χ0v) is 11.7. The number of nitrogens with zero attached hydrogens (tertiary/aromatic N) is 3. The van der Waals surface area contributed by atoms with Crippen molar-refractivity contribution in [3.63, 3.8) is 0 Å². The minimum absolute atomic E-state index is 0.147. The van der Waals surface area contributed by atoms with E-state index in [-0.39, 0.29) is 5.71 Å². The Bertz CT molecular complexity index is 671. The third-order valence-corrected chi connectivity index (χ3v) is 2.67. The SMILES string of the molecule is N#CC(/C=N/Nc1ccccc1)=N\Nc1ccc(Cl)cc1. The van der Waals surface area contributed by atoms with E-state index >= 15 is 0 Å². The molecule has 5 nitrogen and oxygen atoms in total. The number of anilines is 2. The van der Waals surface area contributed by atoms with Gasteiger partial charge >= 0.3 is 0 Å². The molecule has 0 unspecified atom stereocenters. The predicted octanol–water partition coefficient (Wildman–Crippen LogP) is 3.73. The standard InChI is InChI=1S/C15H12ClN5/c16-12-6-8-14(9-7-12)20-21-15(10-17)11-18-19-13-4-2-1-3-5-13/h1-9,11,19-20H/b18-11+,21-15+. The van der Waals surface area contributed by atoms with Gasteiger partial charge in [0.2, 0.25) is 0 Å². The topological polar surface area (TPSA) is 72.6 Å². The van der Waals surface area contributed by atoms with Crippen LogP contribution in [0, 0.1) is 11.3 Å². The van der Waals surface area contributed by atoms with Crippen LogP contribution in [0.2, 0.25) is 5.02 Å². The van der Waals surface area contributed by atoms with Crippen molar-refractivity contribution in [1.82, 2.24) is 0 Å². The highest BCUT2D eigenvalue weighted by Crippen LogP contribution is 2.13. The molecule has 0 bridgehead atoms. The summed E-state index contributed by atoms with van der Waals surface area (Å²) in [6.07, 6.45) is 1.34. The number of hydrogen-bond acceptors (Lipinski definition) is 5. The second-order valence-electron chi connectivity index (χ2n) is 3.96. The third kappa shape index (κ3) is 4.97. The summed E-state index contributed by atoms with van der Waals surface area (Å²) in [5.41, 5.74) is 7.28. The molecule has 21 heavy (non-hydrogen) atoms. The van der Waals surface area contributed by atoms with Gasteiger partial charge in [-0.15, -0.1) is 0 Å². The quantitative estimate of drug-likeness (QED) is 0.652. The Morgan fingerprint density at radius 3 is 2.33 bits per heavy atom. The maximum absolute atomic E-state index is 8.98. The number of hydrazone groups is 2. The molecular weight excluding hydrogens is 286 g/mol. The van der Waals surface area contributed by atoms with Gasteiger partial charge in [0.1, 0.15) is 6.07 Å². The van der Waals surface area contributed by atoms with Crippen molar-refractivity contribution < 1.29 is 0 Å². The number of hydrogen-bond donors (Lipinski definition) is 2. The van der Waals surface area contributed by atoms with Crippen LogP contribution in [0.1, 0.15) is 0 Å². The number of halogens is 1. The number of para-hydroxylation sites is 1. The Balaban J connectivity index is 1.94. The third-order valence-electron chi connectivity index (χ3n) is 2.42. The Kier molecular flexibility index (Phi) is 5.33. The molecule has 0 aromatic heterocycles. The zero-order valence-electron chi connectivity index (χ0n) is 11.0. The van der Waals surface area contributed by atoms with Crippen LogP contribution in [0.4, 0.5) is 11.4 Å². The zero-order chi connectivity index (χ0) is 14.9. The number of nitrogens with one attached hydrogen (secondary N) is 2. The lowest BCUT2D eigenvalue weighted by atomic mass is 10.3. The highest BCUT2D eigenvalue weighted by atomic mass is 35.5. The summed E-state index contributed by atoms with van der Waals surface area (Å²) in [7, 11) is 0. The van der Waals surface area contributed by atoms with Crippen LogP contribution in [0.25, 0.3) is 0 Å². The van der Waals surface area contributed by atoms with Gasteiger partial charge in [-0.2, -0.15) is 15.5 Å². The van der Waals surface area contributed by atoms with Crippen molar-refractivity contribution in [1.29, 1.82) is 5.26 Å². The van der Waals surface area contributed by atoms with Gasteiger partial charge in [0.25, 0.3) is 0 Å². The lowest BCUT2D eigenvalue weighted by Crippen LogP contribution is -2.02. The lowest BCUT2D eigenvalue weighted by Gasteiger charge is -2.00. The van der Waals surface area contributed by atoms with Gasteiger partial charge in [-0.05, 0) is 36.4 Å². The average Bonchev–Trinajstić information content (AvgIpc) is 2.53. The van der Waals surface area contributed by atoms with E-state index in [9.17, 15) is 0 Å². The normalized spacial score (nSPS) is 11.1. The van der Waals surface area contributed by atoms with Crippen molar-refractivity contribution >= 4 is 34.9 Å². The molecule has 2 N–H and O–H groups in total. The van der Waals surface area contributed by atoms with E-state index in [1.807, 2.05) is 36.4 Å². The summed E-state index contributed by atoms with van der Waals surface area (Å²) in [5.74, 6) is 0. The van der Waals surface area contributed by atoms with Crippen LogP contribution in [0.15, 0.2) is 64.8 Å². The first-order valence-corrected chi connectivity index (χ1v) is 6.49. The molecule has 0 atom stereocenters. The van der Waals surface area contributed by atoms with Crippen molar-refractivity contribution in [2.24, 2.45) is 10.2 Å². The van der Waals surface area contributed by atoms with E-state index in [4.69, 9.17) is 16.9 Å². The van der Waals surface area contributed by atoms with Crippen LogP contribution < -0.4 is 10.9 Å². The average molecular weight is 298 g/mol. The first kappa shape index (κ1) is 14.6. The van der Waals surface area contributed by atoms with Gasteiger partial charge < -0.3 is 0 Å². The molecule has 0 spiro atoms. The Morgan fingerprint density at radius 1 is 1.00 bits per heavy atom. The monoisotopic (exact) mass is 297 g/mol. The minimum atomic E-state index is 0.147.